The molecule has 2 aliphatic rings. The van der Waals surface area contributed by atoms with Crippen LogP contribution in [-0.4, -0.2) is 15.9 Å². The van der Waals surface area contributed by atoms with Crippen molar-refractivity contribution in [2.45, 2.75) is 0 Å². The van der Waals surface area contributed by atoms with E-state index in [2.05, 4.69) is 5.43 Å². The highest BCUT2D eigenvalue weighted by Crippen LogP contribution is 2.12. The summed E-state index contributed by atoms with van der Waals surface area (Å²) in [5, 5.41) is 1.78. The minimum Gasteiger partial charge on any atom is -0.351 e. The Morgan fingerprint density at radius 3 is 2.81 bits per heavy atom. The van der Waals surface area contributed by atoms with Gasteiger partial charge < -0.3 is 11.2 Å². The first-order valence-electron chi connectivity index (χ1n) is 4.80. The Kier molecular flexibility index (Phi) is 2.77. The zero-order valence-electron chi connectivity index (χ0n) is 8.58. The van der Waals surface area contributed by atoms with Crippen LogP contribution in [0, 0.1) is 0 Å². The molecule has 0 fully saturated rings. The maximum atomic E-state index is 11.2. The summed E-state index contributed by atoms with van der Waals surface area (Å²) < 4.78 is 0. The van der Waals surface area contributed by atoms with Gasteiger partial charge in [0, 0.05) is 24.8 Å². The molecule has 0 bridgehead atoms. The van der Waals surface area contributed by atoms with Crippen LogP contribution >= 0.6 is 0 Å². The molecule has 2 heterocycles. The van der Waals surface area contributed by atoms with Crippen molar-refractivity contribution >= 4 is 6.03 Å². The number of fused-ring (bicyclic) bond motifs is 1. The molecule has 3 N–H and O–H groups in total. The van der Waals surface area contributed by atoms with Gasteiger partial charge in [-0.05, 0) is 24.3 Å². The predicted molar refractivity (Wildman–Crippen MR) is 61.0 cm³/mol. The van der Waals surface area contributed by atoms with Gasteiger partial charge in [-0.3, -0.25) is 9.91 Å². The Morgan fingerprint density at radius 2 is 2.00 bits per heavy atom. The molecule has 5 heteroatoms. The number of allylic oxidation sites excluding steroid dienone is 5. The lowest BCUT2D eigenvalue weighted by Gasteiger charge is -2.24. The number of nitrogens with zero attached hydrogens (tertiary/aromatic N) is 2. The molecule has 2 rings (SSSR count). The molecular formula is C11H12N4O. The minimum absolute atomic E-state index is 0.526. The van der Waals surface area contributed by atoms with Gasteiger partial charge >= 0.3 is 6.03 Å². The van der Waals surface area contributed by atoms with Gasteiger partial charge in [-0.2, -0.15) is 0 Å². The Balaban J connectivity index is 2.35. The van der Waals surface area contributed by atoms with E-state index in [0.717, 1.165) is 5.70 Å². The number of primary amides is 1. The average molecular weight is 216 g/mol. The molecule has 0 unspecified atom stereocenters. The fraction of sp³-hybridized carbons (Fsp3) is 0. The van der Waals surface area contributed by atoms with Gasteiger partial charge in [-0.1, -0.05) is 6.08 Å². The third-order valence-electron chi connectivity index (χ3n) is 2.08. The first kappa shape index (κ1) is 10.1. The number of hydrazine groups is 1. The van der Waals surface area contributed by atoms with Gasteiger partial charge in [0.25, 0.3) is 0 Å². The highest BCUT2D eigenvalue weighted by Gasteiger charge is 2.10. The van der Waals surface area contributed by atoms with E-state index in [0.29, 0.717) is 0 Å². The van der Waals surface area contributed by atoms with Crippen molar-refractivity contribution in [2.75, 3.05) is 0 Å². The van der Waals surface area contributed by atoms with Gasteiger partial charge in [0.05, 0.1) is 5.70 Å². The van der Waals surface area contributed by atoms with Crippen LogP contribution in [0.25, 0.3) is 0 Å². The topological polar surface area (TPSA) is 61.6 Å². The molecule has 0 aromatic rings. The van der Waals surface area contributed by atoms with Crippen LogP contribution in [-0.2, 0) is 0 Å². The fourth-order valence-corrected chi connectivity index (χ4v) is 1.32. The molecule has 16 heavy (non-hydrogen) atoms. The van der Waals surface area contributed by atoms with Crippen molar-refractivity contribution in [3.8, 4) is 0 Å². The number of carbonyl (C=O) groups is 1. The molecule has 0 saturated heterocycles. The normalized spacial score (nSPS) is 25.4. The minimum atomic E-state index is -0.526. The Labute approximate surface area is 93.5 Å². The van der Waals surface area contributed by atoms with Gasteiger partial charge in [-0.25, -0.2) is 4.79 Å². The molecule has 5 nitrogen and oxygen atoms in total. The van der Waals surface area contributed by atoms with Crippen molar-refractivity contribution < 1.29 is 4.79 Å². The number of hydrogen-bond donors (Lipinski definition) is 2. The van der Waals surface area contributed by atoms with Gasteiger partial charge in [0.2, 0.25) is 0 Å². The second kappa shape index (κ2) is 4.39. The summed E-state index contributed by atoms with van der Waals surface area (Å²) in [6, 6.07) is -0.526. The lowest BCUT2D eigenvalue weighted by Crippen LogP contribution is -2.32. The molecule has 0 atom stereocenters. The summed E-state index contributed by atoms with van der Waals surface area (Å²) in [4.78, 5) is 12.5. The Morgan fingerprint density at radius 1 is 1.19 bits per heavy atom. The molecule has 2 amide bonds. The monoisotopic (exact) mass is 216 g/mol. The third-order valence-corrected chi connectivity index (χ3v) is 2.08. The van der Waals surface area contributed by atoms with Gasteiger partial charge in [-0.15, -0.1) is 0 Å². The van der Waals surface area contributed by atoms with E-state index < -0.39 is 6.03 Å². The number of nitrogens with two attached hydrogens (primary N) is 1. The Bertz CT molecular complexity index is 431. The highest BCUT2D eigenvalue weighted by molar-refractivity contribution is 5.74. The van der Waals surface area contributed by atoms with Gasteiger partial charge in [0.15, 0.2) is 0 Å². The Hall–Kier alpha value is -2.43. The zero-order chi connectivity index (χ0) is 11.4. The largest absolute Gasteiger partial charge is 0.351 e. The lowest BCUT2D eigenvalue weighted by atomic mass is 10.3. The van der Waals surface area contributed by atoms with Crippen LogP contribution in [0.15, 0.2) is 60.9 Å². The molecule has 0 radical (unpaired) electrons. The quantitative estimate of drug-likeness (QED) is 0.638. The molecule has 0 saturated carbocycles. The third kappa shape index (κ3) is 2.14. The van der Waals surface area contributed by atoms with E-state index in [9.17, 15) is 4.79 Å². The molecule has 0 aromatic carbocycles. The summed E-state index contributed by atoms with van der Waals surface area (Å²) in [6.07, 6.45) is 16.0. The zero-order valence-corrected chi connectivity index (χ0v) is 8.58. The van der Waals surface area contributed by atoms with Gasteiger partial charge in [0.1, 0.15) is 0 Å². The van der Waals surface area contributed by atoms with Crippen molar-refractivity contribution in [1.29, 1.82) is 0 Å². The predicted octanol–water partition coefficient (Wildman–Crippen LogP) is 1.14. The molecule has 0 aliphatic carbocycles. The van der Waals surface area contributed by atoms with Crippen LogP contribution < -0.4 is 11.2 Å². The van der Waals surface area contributed by atoms with E-state index >= 15 is 0 Å². The first-order valence-corrected chi connectivity index (χ1v) is 4.80. The van der Waals surface area contributed by atoms with E-state index in [1.807, 2.05) is 24.4 Å². The van der Waals surface area contributed by atoms with Crippen LogP contribution in [0.1, 0.15) is 0 Å². The maximum Gasteiger partial charge on any atom is 0.322 e. The smallest absolute Gasteiger partial charge is 0.322 e. The summed E-state index contributed by atoms with van der Waals surface area (Å²) in [6.45, 7) is 0. The second-order valence-corrected chi connectivity index (χ2v) is 3.20. The molecular weight excluding hydrogens is 204 g/mol. The van der Waals surface area contributed by atoms with Crippen LogP contribution in [0.4, 0.5) is 4.79 Å². The van der Waals surface area contributed by atoms with E-state index in [1.54, 1.807) is 35.8 Å². The van der Waals surface area contributed by atoms with Crippen molar-refractivity contribution in [2.24, 2.45) is 5.73 Å². The summed E-state index contributed by atoms with van der Waals surface area (Å²) in [5.41, 5.74) is 9.10. The summed E-state index contributed by atoms with van der Waals surface area (Å²) in [5.74, 6) is 0. The van der Waals surface area contributed by atoms with Crippen molar-refractivity contribution in [1.82, 2.24) is 15.3 Å². The second-order valence-electron chi connectivity index (χ2n) is 3.20. The van der Waals surface area contributed by atoms with Crippen LogP contribution in [0.3, 0.4) is 0 Å². The highest BCUT2D eigenvalue weighted by atomic mass is 16.2. The SMILES string of the molecule is NC(=O)N1/C=C\C=C/NN2C=CC=C/C2=C/1. The van der Waals surface area contributed by atoms with Crippen LogP contribution in [0.2, 0.25) is 0 Å². The standard InChI is InChI=1S/C11H12N4O/c12-11(16)14-7-4-2-6-13-15-8-3-1-5-10(15)9-14/h1-9,13H,(H2,12,16)/b6-2-,7-4-,10-9-. The number of nitrogens with one attached hydrogen (secondary N) is 1. The molecule has 0 spiro atoms. The lowest BCUT2D eigenvalue weighted by molar-refractivity contribution is 0.234. The number of hydrogen-bond acceptors (Lipinski definition) is 3. The van der Waals surface area contributed by atoms with Crippen molar-refractivity contribution in [3.05, 3.63) is 60.9 Å². The van der Waals surface area contributed by atoms with E-state index in [4.69, 9.17) is 5.73 Å². The first-order chi connectivity index (χ1) is 7.77. The molecule has 2 aliphatic heterocycles. The molecule has 82 valence electrons. The van der Waals surface area contributed by atoms with E-state index in [1.165, 1.54) is 4.90 Å². The number of urea groups is 1. The summed E-state index contributed by atoms with van der Waals surface area (Å²) in [7, 11) is 0. The average Bonchev–Trinajstić information content (AvgIpc) is 2.38. The number of amides is 2. The molecule has 0 aromatic heterocycles. The number of carbonyl (C=O) groups excluding carboxylic acids is 1. The van der Waals surface area contributed by atoms with E-state index in [-0.39, 0.29) is 0 Å². The van der Waals surface area contributed by atoms with Crippen LogP contribution in [0.5, 0.6) is 0 Å². The van der Waals surface area contributed by atoms with Crippen molar-refractivity contribution in [3.63, 3.8) is 0 Å². The summed E-state index contributed by atoms with van der Waals surface area (Å²) >= 11 is 0. The number of rotatable bonds is 0. The fourth-order valence-electron chi connectivity index (χ4n) is 1.32. The maximum absolute atomic E-state index is 11.2.